The van der Waals surface area contributed by atoms with Gasteiger partial charge in [-0.2, -0.15) is 0 Å². The maximum absolute atomic E-state index is 11.1. The Kier molecular flexibility index (Phi) is 2.40. The Morgan fingerprint density at radius 3 is 2.60 bits per heavy atom. The second-order valence-corrected chi connectivity index (χ2v) is 2.82. The first-order chi connectivity index (χ1) is 4.75. The SMILES string of the molecule is NC(CO)C(=O)C1CCC1. The molecule has 0 aliphatic heterocycles. The van der Waals surface area contributed by atoms with E-state index in [1.165, 1.54) is 0 Å². The standard InChI is InChI=1S/C7H13NO2/c8-6(4-9)7(10)5-2-1-3-5/h5-6,9H,1-4,8H2. The molecule has 1 aliphatic rings. The number of carbonyl (C=O) groups is 1. The Bertz CT molecular complexity index is 125. The third-order valence-corrected chi connectivity index (χ3v) is 2.07. The minimum atomic E-state index is -0.634. The number of hydrogen-bond donors (Lipinski definition) is 2. The van der Waals surface area contributed by atoms with Crippen LogP contribution in [0.2, 0.25) is 0 Å². The summed E-state index contributed by atoms with van der Waals surface area (Å²) >= 11 is 0. The van der Waals surface area contributed by atoms with E-state index in [9.17, 15) is 4.79 Å². The van der Waals surface area contributed by atoms with E-state index in [-0.39, 0.29) is 18.3 Å². The van der Waals surface area contributed by atoms with Crippen molar-refractivity contribution in [2.75, 3.05) is 6.61 Å². The van der Waals surface area contributed by atoms with Crippen molar-refractivity contribution in [2.24, 2.45) is 11.7 Å². The van der Waals surface area contributed by atoms with Gasteiger partial charge in [0.25, 0.3) is 0 Å². The molecule has 0 saturated heterocycles. The number of Topliss-reactive ketones (excluding diaryl/α,β-unsaturated/α-hetero) is 1. The molecule has 1 aliphatic carbocycles. The van der Waals surface area contributed by atoms with Crippen LogP contribution in [0.1, 0.15) is 19.3 Å². The zero-order valence-electron chi connectivity index (χ0n) is 5.92. The van der Waals surface area contributed by atoms with Crippen molar-refractivity contribution in [3.05, 3.63) is 0 Å². The third-order valence-electron chi connectivity index (χ3n) is 2.07. The van der Waals surface area contributed by atoms with Crippen LogP contribution in [0.15, 0.2) is 0 Å². The van der Waals surface area contributed by atoms with Gasteiger partial charge in [0.1, 0.15) is 0 Å². The van der Waals surface area contributed by atoms with Crippen LogP contribution in [0, 0.1) is 5.92 Å². The zero-order valence-corrected chi connectivity index (χ0v) is 5.92. The number of aliphatic hydroxyl groups excluding tert-OH is 1. The van der Waals surface area contributed by atoms with Crippen molar-refractivity contribution in [2.45, 2.75) is 25.3 Å². The monoisotopic (exact) mass is 143 g/mol. The number of hydrogen-bond acceptors (Lipinski definition) is 3. The van der Waals surface area contributed by atoms with Gasteiger partial charge in [0.2, 0.25) is 0 Å². The molecule has 1 unspecified atom stereocenters. The number of nitrogens with two attached hydrogens (primary N) is 1. The average molecular weight is 143 g/mol. The molecule has 0 aromatic heterocycles. The van der Waals surface area contributed by atoms with Gasteiger partial charge in [-0.15, -0.1) is 0 Å². The van der Waals surface area contributed by atoms with E-state index in [0.717, 1.165) is 19.3 Å². The van der Waals surface area contributed by atoms with Crippen molar-refractivity contribution in [1.82, 2.24) is 0 Å². The van der Waals surface area contributed by atoms with Crippen LogP contribution in [0.4, 0.5) is 0 Å². The molecular weight excluding hydrogens is 130 g/mol. The molecule has 10 heavy (non-hydrogen) atoms. The molecule has 58 valence electrons. The second-order valence-electron chi connectivity index (χ2n) is 2.82. The topological polar surface area (TPSA) is 63.3 Å². The summed E-state index contributed by atoms with van der Waals surface area (Å²) in [5, 5.41) is 8.53. The molecule has 3 heteroatoms. The minimum absolute atomic E-state index is 0.0359. The van der Waals surface area contributed by atoms with E-state index in [0.29, 0.717) is 0 Å². The number of ketones is 1. The van der Waals surface area contributed by atoms with Crippen LogP contribution in [0.5, 0.6) is 0 Å². The predicted octanol–water partition coefficient (Wildman–Crippen LogP) is -0.325. The van der Waals surface area contributed by atoms with Crippen LogP contribution in [-0.2, 0) is 4.79 Å². The van der Waals surface area contributed by atoms with Crippen LogP contribution < -0.4 is 5.73 Å². The summed E-state index contributed by atoms with van der Waals surface area (Å²) in [5.74, 6) is 0.191. The average Bonchev–Trinajstić information content (AvgIpc) is 1.82. The maximum Gasteiger partial charge on any atom is 0.154 e. The lowest BCUT2D eigenvalue weighted by atomic mass is 9.80. The molecule has 1 atom stereocenters. The maximum atomic E-state index is 11.1. The van der Waals surface area contributed by atoms with Crippen LogP contribution in [0.25, 0.3) is 0 Å². The van der Waals surface area contributed by atoms with E-state index in [2.05, 4.69) is 0 Å². The van der Waals surface area contributed by atoms with E-state index in [1.54, 1.807) is 0 Å². The summed E-state index contributed by atoms with van der Waals surface area (Å²) in [6.07, 6.45) is 3.06. The van der Waals surface area contributed by atoms with Gasteiger partial charge in [-0.05, 0) is 12.8 Å². The summed E-state index contributed by atoms with van der Waals surface area (Å²) in [6, 6.07) is -0.634. The van der Waals surface area contributed by atoms with Crippen molar-refractivity contribution in [1.29, 1.82) is 0 Å². The molecule has 1 saturated carbocycles. The molecule has 3 nitrogen and oxygen atoms in total. The van der Waals surface area contributed by atoms with Crippen molar-refractivity contribution in [3.63, 3.8) is 0 Å². The van der Waals surface area contributed by atoms with Gasteiger partial charge in [0, 0.05) is 5.92 Å². The molecule has 0 heterocycles. The van der Waals surface area contributed by atoms with E-state index < -0.39 is 6.04 Å². The first-order valence-electron chi connectivity index (χ1n) is 3.66. The minimum Gasteiger partial charge on any atom is -0.394 e. The lowest BCUT2D eigenvalue weighted by molar-refractivity contribution is -0.127. The van der Waals surface area contributed by atoms with Gasteiger partial charge in [0.15, 0.2) is 5.78 Å². The second kappa shape index (κ2) is 3.12. The molecule has 0 aromatic carbocycles. The largest absolute Gasteiger partial charge is 0.394 e. The van der Waals surface area contributed by atoms with Gasteiger partial charge in [-0.3, -0.25) is 4.79 Å². The quantitative estimate of drug-likeness (QED) is 0.569. The van der Waals surface area contributed by atoms with Gasteiger partial charge in [-0.1, -0.05) is 6.42 Å². The van der Waals surface area contributed by atoms with Gasteiger partial charge >= 0.3 is 0 Å². The van der Waals surface area contributed by atoms with Crippen LogP contribution in [0.3, 0.4) is 0 Å². The molecule has 3 N–H and O–H groups in total. The molecule has 0 aromatic rings. The molecule has 1 fully saturated rings. The molecule has 0 spiro atoms. The normalized spacial score (nSPS) is 21.8. The summed E-state index contributed by atoms with van der Waals surface area (Å²) in [6.45, 7) is -0.213. The van der Waals surface area contributed by atoms with Crippen molar-refractivity contribution < 1.29 is 9.90 Å². The van der Waals surface area contributed by atoms with E-state index in [1.807, 2.05) is 0 Å². The number of carbonyl (C=O) groups excluding carboxylic acids is 1. The highest BCUT2D eigenvalue weighted by Crippen LogP contribution is 2.27. The van der Waals surface area contributed by atoms with Crippen molar-refractivity contribution in [3.8, 4) is 0 Å². The summed E-state index contributed by atoms with van der Waals surface area (Å²) in [5.41, 5.74) is 5.33. The first kappa shape index (κ1) is 7.69. The number of aliphatic hydroxyl groups is 1. The lowest BCUT2D eigenvalue weighted by Crippen LogP contribution is -2.40. The van der Waals surface area contributed by atoms with Crippen molar-refractivity contribution >= 4 is 5.78 Å². The van der Waals surface area contributed by atoms with Gasteiger partial charge in [-0.25, -0.2) is 0 Å². The summed E-state index contributed by atoms with van der Waals surface area (Å²) in [7, 11) is 0. The van der Waals surface area contributed by atoms with E-state index in [4.69, 9.17) is 10.8 Å². The smallest absolute Gasteiger partial charge is 0.154 e. The molecule has 0 bridgehead atoms. The lowest BCUT2D eigenvalue weighted by Gasteiger charge is -2.25. The highest BCUT2D eigenvalue weighted by Gasteiger charge is 2.28. The summed E-state index contributed by atoms with van der Waals surface area (Å²) < 4.78 is 0. The molecular formula is C7H13NO2. The Hall–Kier alpha value is -0.410. The van der Waals surface area contributed by atoms with Crippen LogP contribution in [-0.4, -0.2) is 23.5 Å². The highest BCUT2D eigenvalue weighted by atomic mass is 16.3. The first-order valence-corrected chi connectivity index (χ1v) is 3.66. The number of rotatable bonds is 3. The third kappa shape index (κ3) is 1.36. The van der Waals surface area contributed by atoms with Gasteiger partial charge in [0.05, 0.1) is 12.6 Å². The fourth-order valence-corrected chi connectivity index (χ4v) is 1.09. The van der Waals surface area contributed by atoms with E-state index >= 15 is 0 Å². The summed E-state index contributed by atoms with van der Waals surface area (Å²) in [4.78, 5) is 11.1. The van der Waals surface area contributed by atoms with Gasteiger partial charge < -0.3 is 10.8 Å². The Morgan fingerprint density at radius 2 is 2.30 bits per heavy atom. The Balaban J connectivity index is 2.32. The van der Waals surface area contributed by atoms with Crippen LogP contribution >= 0.6 is 0 Å². The fourth-order valence-electron chi connectivity index (χ4n) is 1.09. The Morgan fingerprint density at radius 1 is 1.70 bits per heavy atom. The fraction of sp³-hybridized carbons (Fsp3) is 0.857. The molecule has 0 amide bonds. The highest BCUT2D eigenvalue weighted by molar-refractivity contribution is 5.86. The molecule has 0 radical (unpaired) electrons. The molecule has 1 rings (SSSR count). The Labute approximate surface area is 60.2 Å². The zero-order chi connectivity index (χ0) is 7.56. The predicted molar refractivity (Wildman–Crippen MR) is 37.4 cm³/mol.